The molecule has 1 heterocycles. The monoisotopic (exact) mass is 313 g/mol. The Kier molecular flexibility index (Phi) is 3.94. The normalized spacial score (nSPS) is 10.5. The third kappa shape index (κ3) is 3.02. The van der Waals surface area contributed by atoms with Crippen LogP contribution in [0.5, 0.6) is 11.5 Å². The van der Waals surface area contributed by atoms with Gasteiger partial charge in [-0.3, -0.25) is 0 Å². The summed E-state index contributed by atoms with van der Waals surface area (Å²) in [6.07, 6.45) is 0. The van der Waals surface area contributed by atoms with Crippen molar-refractivity contribution in [2.75, 3.05) is 7.11 Å². The number of esters is 1. The summed E-state index contributed by atoms with van der Waals surface area (Å²) in [5, 5.41) is 1.47. The molecule has 0 unspecified atom stereocenters. The highest BCUT2D eigenvalue weighted by Crippen LogP contribution is 2.21. The first-order valence-corrected chi connectivity index (χ1v) is 6.96. The molecular formula is C17H12ClNO3. The first-order valence-electron chi connectivity index (χ1n) is 6.58. The Hall–Kier alpha value is -2.59. The number of carbonyl (C=O) groups excluding carboxylic acids is 1. The van der Waals surface area contributed by atoms with Gasteiger partial charge in [-0.2, -0.15) is 0 Å². The SMILES string of the molecule is COc1ccc2nc(C(=O)Oc3ccc(Cl)cc3)ccc2c1. The molecule has 3 aromatic rings. The van der Waals surface area contributed by atoms with Gasteiger partial charge in [-0.1, -0.05) is 17.7 Å². The lowest BCUT2D eigenvalue weighted by molar-refractivity contribution is 0.0729. The van der Waals surface area contributed by atoms with E-state index in [2.05, 4.69) is 4.98 Å². The van der Waals surface area contributed by atoms with Gasteiger partial charge in [-0.25, -0.2) is 9.78 Å². The topological polar surface area (TPSA) is 48.4 Å². The van der Waals surface area contributed by atoms with Crippen LogP contribution < -0.4 is 9.47 Å². The van der Waals surface area contributed by atoms with Crippen molar-refractivity contribution in [2.45, 2.75) is 0 Å². The van der Waals surface area contributed by atoms with E-state index in [0.717, 1.165) is 11.1 Å². The van der Waals surface area contributed by atoms with Crippen molar-refractivity contribution in [3.05, 3.63) is 65.3 Å². The zero-order chi connectivity index (χ0) is 15.5. The summed E-state index contributed by atoms with van der Waals surface area (Å²) in [6.45, 7) is 0. The summed E-state index contributed by atoms with van der Waals surface area (Å²) in [6, 6.07) is 15.5. The first kappa shape index (κ1) is 14.4. The fourth-order valence-corrected chi connectivity index (χ4v) is 2.13. The minimum Gasteiger partial charge on any atom is -0.497 e. The minimum atomic E-state index is -0.514. The molecule has 1 aromatic heterocycles. The van der Waals surface area contributed by atoms with Crippen LogP contribution in [0.4, 0.5) is 0 Å². The molecule has 0 fully saturated rings. The van der Waals surface area contributed by atoms with E-state index < -0.39 is 5.97 Å². The summed E-state index contributed by atoms with van der Waals surface area (Å²) in [5.74, 6) is 0.650. The van der Waals surface area contributed by atoms with Crippen molar-refractivity contribution in [1.29, 1.82) is 0 Å². The number of nitrogens with zero attached hydrogens (tertiary/aromatic N) is 1. The second kappa shape index (κ2) is 6.03. The second-order valence-corrected chi connectivity index (χ2v) is 5.03. The summed E-state index contributed by atoms with van der Waals surface area (Å²) >= 11 is 5.79. The first-order chi connectivity index (χ1) is 10.7. The average molecular weight is 314 g/mol. The van der Waals surface area contributed by atoms with Crippen LogP contribution in [0.1, 0.15) is 10.5 Å². The van der Waals surface area contributed by atoms with Gasteiger partial charge < -0.3 is 9.47 Å². The van der Waals surface area contributed by atoms with Gasteiger partial charge in [0.15, 0.2) is 0 Å². The molecule has 0 aliphatic carbocycles. The lowest BCUT2D eigenvalue weighted by Gasteiger charge is -2.06. The molecule has 0 aliphatic heterocycles. The Bertz CT molecular complexity index is 831. The number of carbonyl (C=O) groups is 1. The largest absolute Gasteiger partial charge is 0.497 e. The van der Waals surface area contributed by atoms with Crippen LogP contribution in [0.3, 0.4) is 0 Å². The molecule has 22 heavy (non-hydrogen) atoms. The predicted molar refractivity (Wildman–Crippen MR) is 84.7 cm³/mol. The molecule has 3 rings (SSSR count). The molecule has 0 radical (unpaired) electrons. The van der Waals surface area contributed by atoms with Gasteiger partial charge in [-0.05, 0) is 48.5 Å². The number of aromatic nitrogens is 1. The highest BCUT2D eigenvalue weighted by molar-refractivity contribution is 6.30. The van der Waals surface area contributed by atoms with Crippen molar-refractivity contribution in [1.82, 2.24) is 4.98 Å². The van der Waals surface area contributed by atoms with Gasteiger partial charge >= 0.3 is 5.97 Å². The minimum absolute atomic E-state index is 0.243. The predicted octanol–water partition coefficient (Wildman–Crippen LogP) is 4.12. The summed E-state index contributed by atoms with van der Waals surface area (Å²) in [5.41, 5.74) is 0.943. The van der Waals surface area contributed by atoms with E-state index in [1.165, 1.54) is 0 Å². The van der Waals surface area contributed by atoms with Crippen molar-refractivity contribution in [2.24, 2.45) is 0 Å². The van der Waals surface area contributed by atoms with E-state index in [9.17, 15) is 4.79 Å². The molecule has 5 heteroatoms. The highest BCUT2D eigenvalue weighted by atomic mass is 35.5. The van der Waals surface area contributed by atoms with E-state index in [4.69, 9.17) is 21.1 Å². The second-order valence-electron chi connectivity index (χ2n) is 4.60. The quantitative estimate of drug-likeness (QED) is 0.539. The lowest BCUT2D eigenvalue weighted by atomic mass is 10.2. The lowest BCUT2D eigenvalue weighted by Crippen LogP contribution is -2.10. The molecule has 0 atom stereocenters. The number of halogens is 1. The Morgan fingerprint density at radius 3 is 2.45 bits per heavy atom. The van der Waals surface area contributed by atoms with Gasteiger partial charge in [-0.15, -0.1) is 0 Å². The summed E-state index contributed by atoms with van der Waals surface area (Å²) in [4.78, 5) is 16.4. The van der Waals surface area contributed by atoms with Crippen molar-refractivity contribution < 1.29 is 14.3 Å². The summed E-state index contributed by atoms with van der Waals surface area (Å²) in [7, 11) is 1.60. The number of ether oxygens (including phenoxy) is 2. The van der Waals surface area contributed by atoms with Crippen molar-refractivity contribution in [3.63, 3.8) is 0 Å². The maximum atomic E-state index is 12.1. The van der Waals surface area contributed by atoms with Crippen LogP contribution in [0.25, 0.3) is 10.9 Å². The van der Waals surface area contributed by atoms with E-state index in [1.54, 1.807) is 49.6 Å². The highest BCUT2D eigenvalue weighted by Gasteiger charge is 2.11. The standard InChI is InChI=1S/C17H12ClNO3/c1-21-14-7-9-15-11(10-14)2-8-16(19-15)17(20)22-13-5-3-12(18)4-6-13/h2-10H,1H3. The van der Waals surface area contributed by atoms with E-state index >= 15 is 0 Å². The molecule has 0 saturated carbocycles. The molecule has 0 N–H and O–H groups in total. The molecule has 0 bridgehead atoms. The van der Waals surface area contributed by atoms with Gasteiger partial charge in [0.1, 0.15) is 17.2 Å². The number of pyridine rings is 1. The Labute approximate surface area is 132 Å². The zero-order valence-corrected chi connectivity index (χ0v) is 12.5. The summed E-state index contributed by atoms with van der Waals surface area (Å²) < 4.78 is 10.4. The van der Waals surface area contributed by atoms with Gasteiger partial charge in [0.25, 0.3) is 0 Å². The Morgan fingerprint density at radius 1 is 1.00 bits per heavy atom. The fraction of sp³-hybridized carbons (Fsp3) is 0.0588. The maximum Gasteiger partial charge on any atom is 0.362 e. The molecule has 0 amide bonds. The molecule has 0 aliphatic rings. The van der Waals surface area contributed by atoms with Crippen LogP contribution in [0.15, 0.2) is 54.6 Å². The number of benzene rings is 2. The number of hydrogen-bond donors (Lipinski definition) is 0. The average Bonchev–Trinajstić information content (AvgIpc) is 2.56. The third-order valence-corrected chi connectivity index (χ3v) is 3.38. The van der Waals surface area contributed by atoms with Crippen LogP contribution in [0, 0.1) is 0 Å². The number of hydrogen-bond acceptors (Lipinski definition) is 4. The maximum absolute atomic E-state index is 12.1. The molecule has 0 spiro atoms. The van der Waals surface area contributed by atoms with Crippen molar-refractivity contribution in [3.8, 4) is 11.5 Å². The van der Waals surface area contributed by atoms with Crippen molar-refractivity contribution >= 4 is 28.5 Å². The fourth-order valence-electron chi connectivity index (χ4n) is 2.01. The molecule has 4 nitrogen and oxygen atoms in total. The van der Waals surface area contributed by atoms with E-state index in [1.807, 2.05) is 12.1 Å². The number of rotatable bonds is 3. The molecule has 2 aromatic carbocycles. The smallest absolute Gasteiger partial charge is 0.362 e. The number of fused-ring (bicyclic) bond motifs is 1. The van der Waals surface area contributed by atoms with Crippen LogP contribution in [0.2, 0.25) is 5.02 Å². The zero-order valence-electron chi connectivity index (χ0n) is 11.7. The van der Waals surface area contributed by atoms with Gasteiger partial charge in [0.05, 0.1) is 12.6 Å². The van der Waals surface area contributed by atoms with Crippen LogP contribution in [-0.2, 0) is 0 Å². The molecule has 0 saturated heterocycles. The van der Waals surface area contributed by atoms with Gasteiger partial charge in [0, 0.05) is 10.4 Å². The molecule has 110 valence electrons. The Morgan fingerprint density at radius 2 is 1.73 bits per heavy atom. The molecular weight excluding hydrogens is 302 g/mol. The third-order valence-electron chi connectivity index (χ3n) is 3.13. The Balaban J connectivity index is 1.86. The van der Waals surface area contributed by atoms with Crippen LogP contribution >= 0.6 is 11.6 Å². The number of methoxy groups -OCH3 is 1. The van der Waals surface area contributed by atoms with Gasteiger partial charge in [0.2, 0.25) is 0 Å². The van der Waals surface area contributed by atoms with E-state index in [0.29, 0.717) is 16.3 Å². The van der Waals surface area contributed by atoms with E-state index in [-0.39, 0.29) is 5.69 Å². The van der Waals surface area contributed by atoms with Crippen LogP contribution in [-0.4, -0.2) is 18.1 Å².